The van der Waals surface area contributed by atoms with Gasteiger partial charge in [-0.2, -0.15) is 5.10 Å². The average molecular weight is 587 g/mol. The lowest BCUT2D eigenvalue weighted by Crippen LogP contribution is -2.07. The summed E-state index contributed by atoms with van der Waals surface area (Å²) >= 11 is 15.5. The van der Waals surface area contributed by atoms with E-state index in [1.54, 1.807) is 42.4 Å². The zero-order valence-corrected chi connectivity index (χ0v) is 22.3. The fourth-order valence-electron chi connectivity index (χ4n) is 3.40. The van der Waals surface area contributed by atoms with Crippen molar-refractivity contribution in [3.05, 3.63) is 110 Å². The molecule has 6 nitrogen and oxygen atoms in total. The molecule has 0 saturated carbocycles. The molecule has 0 fully saturated rings. The Morgan fingerprint density at radius 3 is 2.64 bits per heavy atom. The van der Waals surface area contributed by atoms with Crippen LogP contribution in [0.4, 0.5) is 5.69 Å². The van der Waals surface area contributed by atoms with Gasteiger partial charge in [0.05, 0.1) is 35.6 Å². The Morgan fingerprint density at radius 1 is 1.08 bits per heavy atom. The Bertz CT molecular complexity index is 1390. The van der Waals surface area contributed by atoms with E-state index in [9.17, 15) is 4.79 Å². The summed E-state index contributed by atoms with van der Waals surface area (Å²) in [6.45, 7) is 0.830. The second kappa shape index (κ2) is 12.1. The quantitative estimate of drug-likeness (QED) is 0.210. The number of methoxy groups -OCH3 is 1. The summed E-state index contributed by atoms with van der Waals surface area (Å²) in [6.07, 6.45) is 6.54. The number of ether oxygens (including phenoxy) is 2. The van der Waals surface area contributed by atoms with Gasteiger partial charge in [0.25, 0.3) is 0 Å². The van der Waals surface area contributed by atoms with E-state index < -0.39 is 0 Å². The minimum atomic E-state index is -0.271. The van der Waals surface area contributed by atoms with E-state index in [2.05, 4.69) is 26.3 Å². The van der Waals surface area contributed by atoms with Gasteiger partial charge in [-0.3, -0.25) is 9.48 Å². The Labute approximate surface area is 227 Å². The van der Waals surface area contributed by atoms with Crippen LogP contribution in [-0.2, 0) is 17.9 Å². The van der Waals surface area contributed by atoms with Crippen molar-refractivity contribution in [3.63, 3.8) is 0 Å². The first-order valence-electron chi connectivity index (χ1n) is 10.9. The van der Waals surface area contributed by atoms with Crippen LogP contribution >= 0.6 is 39.1 Å². The molecule has 184 valence electrons. The summed E-state index contributed by atoms with van der Waals surface area (Å²) in [4.78, 5) is 12.5. The Hall–Kier alpha value is -3.26. The molecule has 0 aliphatic carbocycles. The van der Waals surface area contributed by atoms with Crippen LogP contribution in [0.3, 0.4) is 0 Å². The van der Waals surface area contributed by atoms with Crippen LogP contribution in [0.1, 0.15) is 16.7 Å². The van der Waals surface area contributed by atoms with Crippen LogP contribution in [0.25, 0.3) is 6.08 Å². The van der Waals surface area contributed by atoms with Crippen molar-refractivity contribution in [2.24, 2.45) is 0 Å². The van der Waals surface area contributed by atoms with Crippen LogP contribution in [0, 0.1) is 0 Å². The van der Waals surface area contributed by atoms with Gasteiger partial charge in [-0.25, -0.2) is 0 Å². The third kappa shape index (κ3) is 7.13. The zero-order valence-electron chi connectivity index (χ0n) is 19.3. The van der Waals surface area contributed by atoms with Crippen molar-refractivity contribution >= 4 is 56.8 Å². The predicted molar refractivity (Wildman–Crippen MR) is 147 cm³/mol. The molecule has 9 heteroatoms. The Kier molecular flexibility index (Phi) is 8.70. The fraction of sp³-hybridized carbons (Fsp3) is 0.111. The molecular weight excluding hydrogens is 565 g/mol. The molecule has 1 aromatic heterocycles. The number of hydrogen-bond acceptors (Lipinski definition) is 4. The maximum atomic E-state index is 12.5. The van der Waals surface area contributed by atoms with Crippen molar-refractivity contribution in [2.45, 2.75) is 13.2 Å². The smallest absolute Gasteiger partial charge is 0.248 e. The van der Waals surface area contributed by atoms with Gasteiger partial charge in [0.2, 0.25) is 5.91 Å². The fourth-order valence-corrected chi connectivity index (χ4v) is 3.99. The molecular formula is C27H22BrCl2N3O3. The van der Waals surface area contributed by atoms with Crippen LogP contribution in [-0.4, -0.2) is 22.8 Å². The lowest BCUT2D eigenvalue weighted by atomic mass is 10.1. The van der Waals surface area contributed by atoms with Crippen LogP contribution in [0.15, 0.2) is 83.6 Å². The summed E-state index contributed by atoms with van der Waals surface area (Å²) in [5, 5.41) is 8.09. The average Bonchev–Trinajstić information content (AvgIpc) is 3.31. The number of hydrogen-bond donors (Lipinski definition) is 1. The molecule has 0 aliphatic rings. The second-order valence-electron chi connectivity index (χ2n) is 7.81. The highest BCUT2D eigenvalue weighted by Gasteiger charge is 2.07. The first kappa shape index (κ1) is 25.8. The van der Waals surface area contributed by atoms with E-state index in [0.29, 0.717) is 34.6 Å². The molecule has 0 atom stereocenters. The second-order valence-corrected chi connectivity index (χ2v) is 9.54. The molecule has 36 heavy (non-hydrogen) atoms. The maximum absolute atomic E-state index is 12.5. The number of halogens is 3. The molecule has 0 aliphatic heterocycles. The van der Waals surface area contributed by atoms with Gasteiger partial charge in [-0.15, -0.1) is 0 Å². The molecule has 1 amide bonds. The number of benzene rings is 3. The van der Waals surface area contributed by atoms with Gasteiger partial charge in [0.1, 0.15) is 18.1 Å². The summed E-state index contributed by atoms with van der Waals surface area (Å²) in [7, 11) is 1.61. The molecule has 4 aromatic rings. The minimum Gasteiger partial charge on any atom is -0.496 e. The van der Waals surface area contributed by atoms with E-state index in [1.807, 2.05) is 48.5 Å². The van der Waals surface area contributed by atoms with E-state index in [-0.39, 0.29) is 5.91 Å². The van der Waals surface area contributed by atoms with Crippen molar-refractivity contribution in [3.8, 4) is 11.5 Å². The summed E-state index contributed by atoms with van der Waals surface area (Å²) in [5.74, 6) is 1.19. The lowest BCUT2D eigenvalue weighted by Gasteiger charge is -2.11. The number of rotatable bonds is 9. The molecule has 4 rings (SSSR count). The van der Waals surface area contributed by atoms with E-state index in [1.165, 1.54) is 6.08 Å². The van der Waals surface area contributed by atoms with E-state index >= 15 is 0 Å². The van der Waals surface area contributed by atoms with Gasteiger partial charge < -0.3 is 14.8 Å². The summed E-state index contributed by atoms with van der Waals surface area (Å²) in [5.41, 5.74) is 3.25. The van der Waals surface area contributed by atoms with Crippen LogP contribution in [0.5, 0.6) is 11.5 Å². The minimum absolute atomic E-state index is 0.271. The Balaban J connectivity index is 1.36. The molecule has 1 N–H and O–H groups in total. The third-order valence-corrected chi connectivity index (χ3v) is 6.44. The number of carbonyl (C=O) groups excluding carboxylic acids is 1. The summed E-state index contributed by atoms with van der Waals surface area (Å²) < 4.78 is 14.0. The third-order valence-electron chi connectivity index (χ3n) is 5.17. The van der Waals surface area contributed by atoms with Gasteiger partial charge in [-0.1, -0.05) is 51.3 Å². The van der Waals surface area contributed by atoms with Crippen molar-refractivity contribution in [1.82, 2.24) is 9.78 Å². The van der Waals surface area contributed by atoms with Crippen LogP contribution in [0.2, 0.25) is 10.0 Å². The van der Waals surface area contributed by atoms with E-state index in [0.717, 1.165) is 26.9 Å². The first-order valence-corrected chi connectivity index (χ1v) is 12.5. The molecule has 0 unspecified atom stereocenters. The topological polar surface area (TPSA) is 65.4 Å². The lowest BCUT2D eigenvalue weighted by molar-refractivity contribution is -0.111. The highest BCUT2D eigenvalue weighted by atomic mass is 79.9. The SMILES string of the molecule is COc1ccc(C=CC(=O)Nc2cnn(Cc3ccc(Cl)c(Cl)c3)c2)cc1COc1ccc(Br)cc1. The van der Waals surface area contributed by atoms with E-state index in [4.69, 9.17) is 32.7 Å². The van der Waals surface area contributed by atoms with Crippen LogP contribution < -0.4 is 14.8 Å². The number of nitrogens with one attached hydrogen (secondary N) is 1. The first-order chi connectivity index (χ1) is 17.4. The zero-order chi connectivity index (χ0) is 25.5. The molecule has 3 aromatic carbocycles. The van der Waals surface area contributed by atoms with Gasteiger partial charge in [-0.05, 0) is 65.7 Å². The number of carbonyl (C=O) groups is 1. The standard InChI is InChI=1S/C27H22BrCl2N3O3/c1-35-26-10-3-18(12-20(26)17-36-23-7-5-21(28)6-8-23)4-11-27(34)32-22-14-31-33(16-22)15-19-2-9-24(29)25(30)13-19/h2-14,16H,15,17H2,1H3,(H,32,34). The highest BCUT2D eigenvalue weighted by Crippen LogP contribution is 2.25. The Morgan fingerprint density at radius 2 is 1.89 bits per heavy atom. The summed E-state index contributed by atoms with van der Waals surface area (Å²) in [6, 6.07) is 18.7. The normalized spacial score (nSPS) is 11.0. The largest absolute Gasteiger partial charge is 0.496 e. The maximum Gasteiger partial charge on any atom is 0.248 e. The number of amides is 1. The highest BCUT2D eigenvalue weighted by molar-refractivity contribution is 9.10. The van der Waals surface area contributed by atoms with Crippen molar-refractivity contribution in [2.75, 3.05) is 12.4 Å². The number of aromatic nitrogens is 2. The molecule has 0 bridgehead atoms. The predicted octanol–water partition coefficient (Wildman–Crippen LogP) is 7.24. The number of anilines is 1. The van der Waals surface area contributed by atoms with Gasteiger partial charge >= 0.3 is 0 Å². The van der Waals surface area contributed by atoms with Gasteiger partial charge in [0, 0.05) is 22.3 Å². The van der Waals surface area contributed by atoms with Crippen molar-refractivity contribution < 1.29 is 14.3 Å². The molecule has 0 saturated heterocycles. The molecule has 0 radical (unpaired) electrons. The van der Waals surface area contributed by atoms with Crippen molar-refractivity contribution in [1.29, 1.82) is 0 Å². The monoisotopic (exact) mass is 585 g/mol. The van der Waals surface area contributed by atoms with Gasteiger partial charge in [0.15, 0.2) is 0 Å². The molecule has 0 spiro atoms. The number of nitrogens with zero attached hydrogens (tertiary/aromatic N) is 2. The molecule has 1 heterocycles.